The molecule has 5 nitrogen and oxygen atoms in total. The number of fused-ring (bicyclic) bond motifs is 3. The molecule has 0 aliphatic rings. The Bertz CT molecular complexity index is 1100. The fraction of sp³-hybridized carbons (Fsp3) is 0.158. The molecule has 25 heavy (non-hydrogen) atoms. The second-order valence-electron chi connectivity index (χ2n) is 6.04. The standard InChI is InChI=1S/C19H17ClN4O/c1-22(14-7-5-6-13(20)10-14)18(25)12-24-16-9-4-3-8-15(16)19-17(24)11-21-23(19)2/h3-11H,12H2,1-2H3. The highest BCUT2D eigenvalue weighted by Crippen LogP contribution is 2.28. The van der Waals surface area contributed by atoms with Gasteiger partial charge in [-0.05, 0) is 24.3 Å². The van der Waals surface area contributed by atoms with E-state index in [0.717, 1.165) is 27.6 Å². The number of carbonyl (C=O) groups excluding carboxylic acids is 1. The molecule has 4 rings (SSSR count). The first-order chi connectivity index (χ1) is 12.1. The van der Waals surface area contributed by atoms with Crippen LogP contribution in [-0.4, -0.2) is 27.3 Å². The molecule has 0 radical (unpaired) electrons. The third-order valence-corrected chi connectivity index (χ3v) is 4.76. The van der Waals surface area contributed by atoms with E-state index in [1.807, 2.05) is 52.8 Å². The molecule has 0 bridgehead atoms. The third kappa shape index (κ3) is 2.57. The van der Waals surface area contributed by atoms with Gasteiger partial charge in [-0.2, -0.15) is 5.10 Å². The molecule has 0 unspecified atom stereocenters. The molecule has 2 aromatic heterocycles. The van der Waals surface area contributed by atoms with Crippen LogP contribution in [-0.2, 0) is 18.4 Å². The molecule has 0 spiro atoms. The average molecular weight is 353 g/mol. The van der Waals surface area contributed by atoms with E-state index < -0.39 is 0 Å². The van der Waals surface area contributed by atoms with E-state index in [1.54, 1.807) is 24.1 Å². The number of rotatable bonds is 3. The van der Waals surface area contributed by atoms with E-state index in [-0.39, 0.29) is 12.5 Å². The topological polar surface area (TPSA) is 43.1 Å². The fourth-order valence-electron chi connectivity index (χ4n) is 3.22. The molecule has 0 fully saturated rings. The summed E-state index contributed by atoms with van der Waals surface area (Å²) in [7, 11) is 3.68. The van der Waals surface area contributed by atoms with Gasteiger partial charge in [-0.25, -0.2) is 0 Å². The molecular formula is C19H17ClN4O. The minimum atomic E-state index is -0.0197. The zero-order chi connectivity index (χ0) is 17.6. The van der Waals surface area contributed by atoms with Gasteiger partial charge in [0.05, 0.1) is 22.7 Å². The quantitative estimate of drug-likeness (QED) is 0.562. The van der Waals surface area contributed by atoms with Crippen LogP contribution >= 0.6 is 11.6 Å². The van der Waals surface area contributed by atoms with Crippen LogP contribution in [0.3, 0.4) is 0 Å². The lowest BCUT2D eigenvalue weighted by atomic mass is 10.2. The molecule has 4 aromatic rings. The van der Waals surface area contributed by atoms with E-state index in [9.17, 15) is 4.79 Å². The van der Waals surface area contributed by atoms with Crippen molar-refractivity contribution in [1.82, 2.24) is 14.3 Å². The molecule has 0 atom stereocenters. The Morgan fingerprint density at radius 2 is 1.96 bits per heavy atom. The van der Waals surface area contributed by atoms with Crippen LogP contribution in [0.25, 0.3) is 21.9 Å². The van der Waals surface area contributed by atoms with Crippen LogP contribution in [0.5, 0.6) is 0 Å². The Balaban J connectivity index is 1.76. The van der Waals surface area contributed by atoms with Crippen LogP contribution in [0.15, 0.2) is 54.7 Å². The average Bonchev–Trinajstić information content (AvgIpc) is 3.14. The number of benzene rings is 2. The molecule has 0 saturated carbocycles. The van der Waals surface area contributed by atoms with E-state index in [1.165, 1.54) is 0 Å². The molecule has 1 amide bonds. The molecule has 2 heterocycles. The van der Waals surface area contributed by atoms with Crippen LogP contribution in [0.1, 0.15) is 0 Å². The predicted molar refractivity (Wildman–Crippen MR) is 101 cm³/mol. The van der Waals surface area contributed by atoms with Gasteiger partial charge in [0.15, 0.2) is 0 Å². The van der Waals surface area contributed by atoms with Gasteiger partial charge >= 0.3 is 0 Å². The smallest absolute Gasteiger partial charge is 0.246 e. The third-order valence-electron chi connectivity index (χ3n) is 4.52. The minimum Gasteiger partial charge on any atom is -0.328 e. The summed E-state index contributed by atoms with van der Waals surface area (Å²) in [4.78, 5) is 14.5. The first-order valence-corrected chi connectivity index (χ1v) is 8.35. The maximum atomic E-state index is 12.9. The van der Waals surface area contributed by atoms with Gasteiger partial charge in [0.2, 0.25) is 5.91 Å². The van der Waals surface area contributed by atoms with Crippen molar-refractivity contribution in [2.75, 3.05) is 11.9 Å². The van der Waals surface area contributed by atoms with Gasteiger partial charge in [0.25, 0.3) is 0 Å². The number of hydrogen-bond donors (Lipinski definition) is 0. The van der Waals surface area contributed by atoms with Crippen LogP contribution in [0, 0.1) is 0 Å². The molecule has 0 aliphatic carbocycles. The molecule has 126 valence electrons. The molecule has 0 saturated heterocycles. The Morgan fingerprint density at radius 3 is 2.76 bits per heavy atom. The van der Waals surface area contributed by atoms with Crippen molar-refractivity contribution in [2.45, 2.75) is 6.54 Å². The lowest BCUT2D eigenvalue weighted by Crippen LogP contribution is -2.29. The number of hydrogen-bond acceptors (Lipinski definition) is 2. The second-order valence-corrected chi connectivity index (χ2v) is 6.47. The number of likely N-dealkylation sites (N-methyl/N-ethyl adjacent to an activating group) is 1. The first kappa shape index (κ1) is 15.7. The number of aromatic nitrogens is 3. The normalized spacial score (nSPS) is 11.3. The molecular weight excluding hydrogens is 336 g/mol. The highest BCUT2D eigenvalue weighted by atomic mass is 35.5. The van der Waals surface area contributed by atoms with Crippen LogP contribution < -0.4 is 4.90 Å². The molecule has 6 heteroatoms. The van der Waals surface area contributed by atoms with Gasteiger partial charge in [0, 0.05) is 30.2 Å². The van der Waals surface area contributed by atoms with Crippen LogP contribution in [0.2, 0.25) is 5.02 Å². The number of anilines is 1. The van der Waals surface area contributed by atoms with Gasteiger partial charge in [-0.15, -0.1) is 0 Å². The fourth-order valence-corrected chi connectivity index (χ4v) is 3.40. The number of carbonyl (C=O) groups is 1. The summed E-state index contributed by atoms with van der Waals surface area (Å²) in [6, 6.07) is 15.4. The summed E-state index contributed by atoms with van der Waals surface area (Å²) >= 11 is 6.04. The zero-order valence-corrected chi connectivity index (χ0v) is 14.7. The number of aryl methyl sites for hydroxylation is 1. The maximum absolute atomic E-state index is 12.9. The largest absolute Gasteiger partial charge is 0.328 e. The highest BCUT2D eigenvalue weighted by Gasteiger charge is 2.18. The van der Waals surface area contributed by atoms with E-state index in [0.29, 0.717) is 5.02 Å². The Kier molecular flexibility index (Phi) is 3.73. The van der Waals surface area contributed by atoms with Crippen molar-refractivity contribution in [2.24, 2.45) is 7.05 Å². The minimum absolute atomic E-state index is 0.0197. The predicted octanol–water partition coefficient (Wildman–Crippen LogP) is 3.84. The van der Waals surface area contributed by atoms with Crippen molar-refractivity contribution in [3.05, 3.63) is 59.8 Å². The van der Waals surface area contributed by atoms with E-state index in [4.69, 9.17) is 11.6 Å². The lowest BCUT2D eigenvalue weighted by molar-refractivity contribution is -0.118. The number of amides is 1. The maximum Gasteiger partial charge on any atom is 0.246 e. The van der Waals surface area contributed by atoms with E-state index in [2.05, 4.69) is 11.2 Å². The summed E-state index contributed by atoms with van der Waals surface area (Å²) in [6.45, 7) is 0.235. The Hall–Kier alpha value is -2.79. The Labute approximate surface area is 150 Å². The molecule has 0 aliphatic heterocycles. The summed E-state index contributed by atoms with van der Waals surface area (Å²) < 4.78 is 3.86. The first-order valence-electron chi connectivity index (χ1n) is 7.97. The van der Waals surface area contributed by atoms with Crippen molar-refractivity contribution < 1.29 is 4.79 Å². The Morgan fingerprint density at radius 1 is 1.16 bits per heavy atom. The lowest BCUT2D eigenvalue weighted by Gasteiger charge is -2.18. The number of halogens is 1. The van der Waals surface area contributed by atoms with Gasteiger partial charge < -0.3 is 9.47 Å². The summed E-state index contributed by atoms with van der Waals surface area (Å²) in [6.07, 6.45) is 1.81. The summed E-state index contributed by atoms with van der Waals surface area (Å²) in [5, 5.41) is 6.04. The van der Waals surface area contributed by atoms with Crippen molar-refractivity contribution in [3.63, 3.8) is 0 Å². The second kappa shape index (κ2) is 5.93. The van der Waals surface area contributed by atoms with Crippen molar-refractivity contribution >= 4 is 45.1 Å². The van der Waals surface area contributed by atoms with Gasteiger partial charge in [0.1, 0.15) is 6.54 Å². The SMILES string of the molecule is CN(C(=O)Cn1c2ccccc2c2c1cnn2C)c1cccc(Cl)c1. The van der Waals surface area contributed by atoms with E-state index >= 15 is 0 Å². The summed E-state index contributed by atoms with van der Waals surface area (Å²) in [5.41, 5.74) is 3.79. The highest BCUT2D eigenvalue weighted by molar-refractivity contribution is 6.30. The molecule has 2 aromatic carbocycles. The monoisotopic (exact) mass is 352 g/mol. The van der Waals surface area contributed by atoms with Crippen molar-refractivity contribution in [3.8, 4) is 0 Å². The number of para-hydroxylation sites is 1. The van der Waals surface area contributed by atoms with Gasteiger partial charge in [-0.1, -0.05) is 35.9 Å². The van der Waals surface area contributed by atoms with Crippen LogP contribution in [0.4, 0.5) is 5.69 Å². The summed E-state index contributed by atoms with van der Waals surface area (Å²) in [5.74, 6) is -0.0197. The molecule has 0 N–H and O–H groups in total. The van der Waals surface area contributed by atoms with Gasteiger partial charge in [-0.3, -0.25) is 9.48 Å². The zero-order valence-electron chi connectivity index (χ0n) is 14.0. The number of nitrogens with zero attached hydrogens (tertiary/aromatic N) is 4. The van der Waals surface area contributed by atoms with Crippen molar-refractivity contribution in [1.29, 1.82) is 0 Å².